The van der Waals surface area contributed by atoms with Crippen molar-refractivity contribution >= 4 is 17.5 Å². The third-order valence-electron chi connectivity index (χ3n) is 3.62. The van der Waals surface area contributed by atoms with Crippen molar-refractivity contribution in [3.63, 3.8) is 0 Å². The van der Waals surface area contributed by atoms with E-state index in [4.69, 9.17) is 4.74 Å². The Morgan fingerprint density at radius 3 is 2.52 bits per heavy atom. The molecule has 0 radical (unpaired) electrons. The van der Waals surface area contributed by atoms with E-state index < -0.39 is 0 Å². The summed E-state index contributed by atoms with van der Waals surface area (Å²) >= 11 is 0. The second-order valence-corrected chi connectivity index (χ2v) is 5.98. The van der Waals surface area contributed by atoms with Crippen LogP contribution in [0, 0.1) is 6.92 Å². The molecule has 0 saturated heterocycles. The van der Waals surface area contributed by atoms with Gasteiger partial charge in [0, 0.05) is 18.8 Å². The summed E-state index contributed by atoms with van der Waals surface area (Å²) in [7, 11) is 0. The molecule has 1 aromatic heterocycles. The summed E-state index contributed by atoms with van der Waals surface area (Å²) in [6, 6.07) is 9.07. The van der Waals surface area contributed by atoms with Crippen LogP contribution in [0.1, 0.15) is 43.9 Å². The van der Waals surface area contributed by atoms with Gasteiger partial charge in [-0.25, -0.2) is 9.97 Å². The lowest BCUT2D eigenvalue weighted by Crippen LogP contribution is -2.26. The van der Waals surface area contributed by atoms with Gasteiger partial charge in [-0.15, -0.1) is 0 Å². The lowest BCUT2D eigenvalue weighted by atomic mass is 10.2. The SMILES string of the molecule is CCN(CC)c1nc(C)cc(C(=O)Nc2ccccc2OC(C)C)n1. The molecule has 0 atom stereocenters. The van der Waals surface area contributed by atoms with Crippen LogP contribution < -0.4 is 15.0 Å². The number of hydrogen-bond donors (Lipinski definition) is 1. The standard InChI is InChI=1S/C19H26N4O2/c1-6-23(7-2)19-20-14(5)12-16(22-19)18(24)21-15-10-8-9-11-17(15)25-13(3)4/h8-13H,6-7H2,1-5H3,(H,21,24). The van der Waals surface area contributed by atoms with E-state index in [1.54, 1.807) is 6.07 Å². The Bertz CT molecular complexity index is 727. The first-order chi connectivity index (χ1) is 11.9. The number of ether oxygens (including phenoxy) is 1. The molecule has 134 valence electrons. The highest BCUT2D eigenvalue weighted by Gasteiger charge is 2.15. The van der Waals surface area contributed by atoms with Crippen molar-refractivity contribution in [1.29, 1.82) is 0 Å². The molecule has 6 heteroatoms. The Balaban J connectivity index is 2.27. The normalized spacial score (nSPS) is 10.6. The molecule has 1 heterocycles. The van der Waals surface area contributed by atoms with Crippen LogP contribution >= 0.6 is 0 Å². The maximum Gasteiger partial charge on any atom is 0.274 e. The van der Waals surface area contributed by atoms with Crippen molar-refractivity contribution in [2.24, 2.45) is 0 Å². The number of carbonyl (C=O) groups is 1. The Hall–Kier alpha value is -2.63. The van der Waals surface area contributed by atoms with E-state index in [-0.39, 0.29) is 12.0 Å². The predicted octanol–water partition coefficient (Wildman–Crippen LogP) is 3.67. The molecule has 25 heavy (non-hydrogen) atoms. The third-order valence-corrected chi connectivity index (χ3v) is 3.62. The van der Waals surface area contributed by atoms with Crippen LogP contribution in [-0.4, -0.2) is 35.1 Å². The van der Waals surface area contributed by atoms with Crippen molar-refractivity contribution in [3.05, 3.63) is 41.7 Å². The minimum atomic E-state index is -0.279. The minimum absolute atomic E-state index is 0.0219. The number of anilines is 2. The maximum absolute atomic E-state index is 12.7. The fraction of sp³-hybridized carbons (Fsp3) is 0.421. The first kappa shape index (κ1) is 18.7. The molecule has 0 aliphatic rings. The molecular formula is C19H26N4O2. The number of aromatic nitrogens is 2. The number of benzene rings is 1. The molecule has 2 aromatic rings. The number of amides is 1. The Kier molecular flexibility index (Phi) is 6.33. The van der Waals surface area contributed by atoms with Crippen LogP contribution in [0.5, 0.6) is 5.75 Å². The largest absolute Gasteiger partial charge is 0.489 e. The number of aryl methyl sites for hydroxylation is 1. The second kappa shape index (κ2) is 8.46. The van der Waals surface area contributed by atoms with Crippen LogP contribution in [0.15, 0.2) is 30.3 Å². The van der Waals surface area contributed by atoms with Gasteiger partial charge in [0.25, 0.3) is 5.91 Å². The highest BCUT2D eigenvalue weighted by Crippen LogP contribution is 2.25. The Morgan fingerprint density at radius 2 is 1.88 bits per heavy atom. The summed E-state index contributed by atoms with van der Waals surface area (Å²) in [5.74, 6) is 0.932. The van der Waals surface area contributed by atoms with Crippen molar-refractivity contribution < 1.29 is 9.53 Å². The first-order valence-corrected chi connectivity index (χ1v) is 8.62. The van der Waals surface area contributed by atoms with Crippen LogP contribution in [-0.2, 0) is 0 Å². The van der Waals surface area contributed by atoms with E-state index in [0.29, 0.717) is 23.1 Å². The highest BCUT2D eigenvalue weighted by atomic mass is 16.5. The molecule has 6 nitrogen and oxygen atoms in total. The summed E-state index contributed by atoms with van der Waals surface area (Å²) in [4.78, 5) is 23.6. The molecule has 0 saturated carbocycles. The highest BCUT2D eigenvalue weighted by molar-refractivity contribution is 6.03. The molecule has 0 fully saturated rings. The number of rotatable bonds is 7. The number of para-hydroxylation sites is 2. The molecule has 1 amide bonds. The number of hydrogen-bond acceptors (Lipinski definition) is 5. The quantitative estimate of drug-likeness (QED) is 0.831. The molecule has 0 spiro atoms. The zero-order valence-electron chi connectivity index (χ0n) is 15.5. The molecule has 0 aliphatic heterocycles. The average molecular weight is 342 g/mol. The van der Waals surface area contributed by atoms with E-state index in [1.807, 2.05) is 63.8 Å². The van der Waals surface area contributed by atoms with Gasteiger partial charge < -0.3 is 15.0 Å². The zero-order chi connectivity index (χ0) is 18.4. The summed E-state index contributed by atoms with van der Waals surface area (Å²) in [6.45, 7) is 11.4. The van der Waals surface area contributed by atoms with Crippen molar-refractivity contribution in [3.8, 4) is 5.75 Å². The summed E-state index contributed by atoms with van der Waals surface area (Å²) in [5, 5.41) is 2.89. The van der Waals surface area contributed by atoms with Gasteiger partial charge in [0.2, 0.25) is 5.95 Å². The first-order valence-electron chi connectivity index (χ1n) is 8.62. The van der Waals surface area contributed by atoms with Crippen molar-refractivity contribution in [1.82, 2.24) is 9.97 Å². The monoisotopic (exact) mass is 342 g/mol. The van der Waals surface area contributed by atoms with Crippen LogP contribution in [0.2, 0.25) is 0 Å². The van der Waals surface area contributed by atoms with E-state index in [1.165, 1.54) is 0 Å². The van der Waals surface area contributed by atoms with Gasteiger partial charge in [-0.1, -0.05) is 12.1 Å². The molecule has 1 aromatic carbocycles. The number of nitrogens with one attached hydrogen (secondary N) is 1. The van der Waals surface area contributed by atoms with E-state index in [0.717, 1.165) is 18.8 Å². The van der Waals surface area contributed by atoms with Gasteiger partial charge in [-0.2, -0.15) is 0 Å². The van der Waals surface area contributed by atoms with E-state index in [9.17, 15) is 4.79 Å². The summed E-state index contributed by atoms with van der Waals surface area (Å²) in [5.41, 5.74) is 1.73. The van der Waals surface area contributed by atoms with Gasteiger partial charge in [0.15, 0.2) is 0 Å². The Labute approximate surface area is 149 Å². The second-order valence-electron chi connectivity index (χ2n) is 5.98. The van der Waals surface area contributed by atoms with Crippen LogP contribution in [0.4, 0.5) is 11.6 Å². The topological polar surface area (TPSA) is 67.4 Å². The molecule has 1 N–H and O–H groups in total. The van der Waals surface area contributed by atoms with Crippen LogP contribution in [0.25, 0.3) is 0 Å². The van der Waals surface area contributed by atoms with Crippen molar-refractivity contribution in [2.45, 2.75) is 40.7 Å². The summed E-state index contributed by atoms with van der Waals surface area (Å²) in [6.07, 6.45) is 0.0219. The average Bonchev–Trinajstić information content (AvgIpc) is 2.57. The molecule has 2 rings (SSSR count). The lowest BCUT2D eigenvalue weighted by Gasteiger charge is -2.19. The molecule has 0 unspecified atom stereocenters. The molecular weight excluding hydrogens is 316 g/mol. The smallest absolute Gasteiger partial charge is 0.274 e. The molecule has 0 aliphatic carbocycles. The number of nitrogens with zero attached hydrogens (tertiary/aromatic N) is 3. The number of carbonyl (C=O) groups excluding carboxylic acids is 1. The fourth-order valence-electron chi connectivity index (χ4n) is 2.43. The van der Waals surface area contributed by atoms with Gasteiger partial charge in [0.1, 0.15) is 11.4 Å². The van der Waals surface area contributed by atoms with Crippen LogP contribution in [0.3, 0.4) is 0 Å². The van der Waals surface area contributed by atoms with E-state index >= 15 is 0 Å². The zero-order valence-corrected chi connectivity index (χ0v) is 15.5. The van der Waals surface area contributed by atoms with Crippen molar-refractivity contribution in [2.75, 3.05) is 23.3 Å². The van der Waals surface area contributed by atoms with Gasteiger partial charge >= 0.3 is 0 Å². The molecule has 0 bridgehead atoms. The summed E-state index contributed by atoms with van der Waals surface area (Å²) < 4.78 is 5.75. The predicted molar refractivity (Wildman–Crippen MR) is 100 cm³/mol. The van der Waals surface area contributed by atoms with Gasteiger partial charge in [-0.05, 0) is 52.8 Å². The third kappa shape index (κ3) is 4.92. The minimum Gasteiger partial charge on any atom is -0.489 e. The van der Waals surface area contributed by atoms with E-state index in [2.05, 4.69) is 15.3 Å². The van der Waals surface area contributed by atoms with Gasteiger partial charge in [-0.3, -0.25) is 4.79 Å². The Morgan fingerprint density at radius 1 is 1.20 bits per heavy atom. The lowest BCUT2D eigenvalue weighted by molar-refractivity contribution is 0.102. The maximum atomic E-state index is 12.7. The fourth-order valence-corrected chi connectivity index (χ4v) is 2.43. The van der Waals surface area contributed by atoms with Gasteiger partial charge in [0.05, 0.1) is 11.8 Å².